The summed E-state index contributed by atoms with van der Waals surface area (Å²) in [5.41, 5.74) is 4.91. The third-order valence-corrected chi connectivity index (χ3v) is 3.99. The molecule has 2 nitrogen and oxygen atoms in total. The van der Waals surface area contributed by atoms with Crippen molar-refractivity contribution in [3.63, 3.8) is 0 Å². The monoisotopic (exact) mass is 334 g/mol. The fourth-order valence-electron chi connectivity index (χ4n) is 2.70. The molecule has 24 heavy (non-hydrogen) atoms. The molecule has 0 spiro atoms. The Kier molecular flexibility index (Phi) is 5.34. The Morgan fingerprint density at radius 2 is 1.50 bits per heavy atom. The highest BCUT2D eigenvalue weighted by molar-refractivity contribution is 7.80. The Morgan fingerprint density at radius 3 is 2.17 bits per heavy atom. The summed E-state index contributed by atoms with van der Waals surface area (Å²) in [4.78, 5) is 12.2. The van der Waals surface area contributed by atoms with Crippen molar-refractivity contribution in [2.45, 2.75) is 6.42 Å². The molecule has 0 fully saturated rings. The van der Waals surface area contributed by atoms with Crippen LogP contribution in [0, 0.1) is 0 Å². The fourth-order valence-corrected chi connectivity index (χ4v) is 2.82. The summed E-state index contributed by atoms with van der Waals surface area (Å²) in [7, 11) is 0. The maximum Gasteiger partial charge on any atom is 0.339 e. The zero-order chi connectivity index (χ0) is 16.8. The molecule has 0 saturated heterocycles. The van der Waals surface area contributed by atoms with Gasteiger partial charge in [-0.15, -0.1) is 12.6 Å². The van der Waals surface area contributed by atoms with Crippen molar-refractivity contribution in [3.8, 4) is 11.1 Å². The molecule has 0 saturated carbocycles. The Labute approximate surface area is 147 Å². The SMILES string of the molecule is O=C(OCS)c1ccc(-c2ccccc2)cc1Cc1ccccc1. The molecular weight excluding hydrogens is 316 g/mol. The Hall–Kier alpha value is -2.52. The molecule has 3 aromatic carbocycles. The number of thiol groups is 1. The molecule has 3 heteroatoms. The van der Waals surface area contributed by atoms with E-state index in [2.05, 4.69) is 43.0 Å². The van der Waals surface area contributed by atoms with Crippen LogP contribution in [-0.4, -0.2) is 11.9 Å². The van der Waals surface area contributed by atoms with Crippen LogP contribution in [0.1, 0.15) is 21.5 Å². The average molecular weight is 334 g/mol. The minimum absolute atomic E-state index is 0.0735. The standard InChI is InChI=1S/C21H18O2S/c22-21(23-15-24)20-12-11-18(17-9-5-2-6-10-17)14-19(20)13-16-7-3-1-4-8-16/h1-12,14,24H,13,15H2. The largest absolute Gasteiger partial charge is 0.451 e. The fraction of sp³-hybridized carbons (Fsp3) is 0.0952. The molecule has 0 aliphatic carbocycles. The van der Waals surface area contributed by atoms with Gasteiger partial charge in [-0.05, 0) is 40.8 Å². The lowest BCUT2D eigenvalue weighted by atomic mass is 9.95. The molecule has 3 aromatic rings. The van der Waals surface area contributed by atoms with E-state index in [-0.39, 0.29) is 11.9 Å². The van der Waals surface area contributed by atoms with Gasteiger partial charge in [0.2, 0.25) is 0 Å². The van der Waals surface area contributed by atoms with Crippen molar-refractivity contribution in [2.24, 2.45) is 0 Å². The second kappa shape index (κ2) is 7.84. The summed E-state index contributed by atoms with van der Waals surface area (Å²) in [6, 6.07) is 26.1. The van der Waals surface area contributed by atoms with Crippen LogP contribution in [-0.2, 0) is 11.2 Å². The number of hydrogen-bond acceptors (Lipinski definition) is 3. The molecule has 0 aliphatic rings. The molecule has 0 N–H and O–H groups in total. The molecule has 0 bridgehead atoms. The lowest BCUT2D eigenvalue weighted by Crippen LogP contribution is -2.08. The van der Waals surface area contributed by atoms with E-state index in [1.807, 2.05) is 48.5 Å². The molecule has 0 aromatic heterocycles. The number of esters is 1. The summed E-state index contributed by atoms with van der Waals surface area (Å²) >= 11 is 3.98. The van der Waals surface area contributed by atoms with Crippen molar-refractivity contribution >= 4 is 18.6 Å². The van der Waals surface area contributed by atoms with Gasteiger partial charge in [0.05, 0.1) is 5.56 Å². The number of benzene rings is 3. The zero-order valence-corrected chi connectivity index (χ0v) is 14.1. The predicted octanol–water partition coefficient (Wildman–Crippen LogP) is 4.99. The molecule has 0 amide bonds. The topological polar surface area (TPSA) is 26.3 Å². The van der Waals surface area contributed by atoms with Crippen LogP contribution in [0.3, 0.4) is 0 Å². The zero-order valence-electron chi connectivity index (χ0n) is 13.2. The van der Waals surface area contributed by atoms with Gasteiger partial charge in [-0.1, -0.05) is 66.7 Å². The Balaban J connectivity index is 2.02. The first-order valence-electron chi connectivity index (χ1n) is 7.78. The predicted molar refractivity (Wildman–Crippen MR) is 100 cm³/mol. The van der Waals surface area contributed by atoms with E-state index in [0.29, 0.717) is 12.0 Å². The second-order valence-electron chi connectivity index (χ2n) is 5.46. The molecular formula is C21H18O2S. The average Bonchev–Trinajstić information content (AvgIpc) is 2.63. The van der Waals surface area contributed by atoms with Gasteiger partial charge in [0.15, 0.2) is 0 Å². The Morgan fingerprint density at radius 1 is 0.833 bits per heavy atom. The van der Waals surface area contributed by atoms with Crippen LogP contribution in [0.2, 0.25) is 0 Å². The van der Waals surface area contributed by atoms with E-state index in [9.17, 15) is 4.79 Å². The van der Waals surface area contributed by atoms with Gasteiger partial charge >= 0.3 is 5.97 Å². The second-order valence-corrected chi connectivity index (χ2v) is 5.72. The van der Waals surface area contributed by atoms with Crippen LogP contribution < -0.4 is 0 Å². The maximum atomic E-state index is 12.2. The van der Waals surface area contributed by atoms with Crippen LogP contribution in [0.5, 0.6) is 0 Å². The van der Waals surface area contributed by atoms with Gasteiger partial charge in [-0.3, -0.25) is 0 Å². The van der Waals surface area contributed by atoms with Crippen molar-refractivity contribution < 1.29 is 9.53 Å². The minimum Gasteiger partial charge on any atom is -0.451 e. The van der Waals surface area contributed by atoms with E-state index in [4.69, 9.17) is 4.74 Å². The first-order chi connectivity index (χ1) is 11.8. The Bertz CT molecular complexity index is 814. The molecule has 0 atom stereocenters. The van der Waals surface area contributed by atoms with Crippen molar-refractivity contribution in [2.75, 3.05) is 5.94 Å². The van der Waals surface area contributed by atoms with E-state index in [1.165, 1.54) is 0 Å². The highest BCUT2D eigenvalue weighted by Crippen LogP contribution is 2.25. The number of ether oxygens (including phenoxy) is 1. The van der Waals surface area contributed by atoms with Crippen molar-refractivity contribution in [3.05, 3.63) is 95.6 Å². The van der Waals surface area contributed by atoms with E-state index >= 15 is 0 Å². The quantitative estimate of drug-likeness (QED) is 0.404. The van der Waals surface area contributed by atoms with Gasteiger partial charge in [-0.2, -0.15) is 0 Å². The van der Waals surface area contributed by atoms with Gasteiger partial charge in [0.25, 0.3) is 0 Å². The third-order valence-electron chi connectivity index (χ3n) is 3.87. The summed E-state index contributed by atoms with van der Waals surface area (Å²) in [5.74, 6) is -0.264. The number of carbonyl (C=O) groups excluding carboxylic acids is 1. The van der Waals surface area contributed by atoms with Crippen LogP contribution in [0.4, 0.5) is 0 Å². The van der Waals surface area contributed by atoms with E-state index in [1.54, 1.807) is 0 Å². The van der Waals surface area contributed by atoms with Gasteiger partial charge in [0.1, 0.15) is 5.94 Å². The summed E-state index contributed by atoms with van der Waals surface area (Å²) in [5, 5.41) is 0. The van der Waals surface area contributed by atoms with Gasteiger partial charge in [-0.25, -0.2) is 4.79 Å². The van der Waals surface area contributed by atoms with Gasteiger partial charge in [0, 0.05) is 0 Å². The van der Waals surface area contributed by atoms with Crippen molar-refractivity contribution in [1.82, 2.24) is 0 Å². The van der Waals surface area contributed by atoms with Crippen LogP contribution >= 0.6 is 12.6 Å². The molecule has 0 aliphatic heterocycles. The number of rotatable bonds is 5. The van der Waals surface area contributed by atoms with Crippen molar-refractivity contribution in [1.29, 1.82) is 0 Å². The summed E-state index contributed by atoms with van der Waals surface area (Å²) in [6.07, 6.45) is 0.679. The molecule has 3 rings (SSSR count). The molecule has 0 unspecified atom stereocenters. The van der Waals surface area contributed by atoms with Gasteiger partial charge < -0.3 is 4.74 Å². The molecule has 0 heterocycles. The third kappa shape index (κ3) is 3.87. The number of carbonyl (C=O) groups is 1. The lowest BCUT2D eigenvalue weighted by Gasteiger charge is -2.12. The lowest BCUT2D eigenvalue weighted by molar-refractivity contribution is 0.0579. The summed E-state index contributed by atoms with van der Waals surface area (Å²) in [6.45, 7) is 0. The number of hydrogen-bond donors (Lipinski definition) is 1. The van der Waals surface area contributed by atoms with Crippen LogP contribution in [0.15, 0.2) is 78.9 Å². The maximum absolute atomic E-state index is 12.2. The molecule has 0 radical (unpaired) electrons. The summed E-state index contributed by atoms with van der Waals surface area (Å²) < 4.78 is 5.08. The minimum atomic E-state index is -0.337. The first-order valence-corrected chi connectivity index (χ1v) is 8.41. The highest BCUT2D eigenvalue weighted by Gasteiger charge is 2.14. The smallest absolute Gasteiger partial charge is 0.339 e. The van der Waals surface area contributed by atoms with E-state index in [0.717, 1.165) is 22.3 Å². The highest BCUT2D eigenvalue weighted by atomic mass is 32.1. The van der Waals surface area contributed by atoms with E-state index < -0.39 is 0 Å². The molecule has 120 valence electrons. The first kappa shape index (κ1) is 16.3. The van der Waals surface area contributed by atoms with Crippen LogP contribution in [0.25, 0.3) is 11.1 Å². The normalized spacial score (nSPS) is 10.4.